The summed E-state index contributed by atoms with van der Waals surface area (Å²) in [6, 6.07) is 13.1. The van der Waals surface area contributed by atoms with E-state index in [4.69, 9.17) is 22.1 Å². The molecule has 8 heteroatoms. The molecule has 2 rings (SSSR count). The third-order valence-electron chi connectivity index (χ3n) is 3.59. The number of nitrogens with one attached hydrogen (secondary N) is 1. The summed E-state index contributed by atoms with van der Waals surface area (Å²) in [6.45, 7) is 1.41. The Balaban J connectivity index is 2.03. The summed E-state index contributed by atoms with van der Waals surface area (Å²) < 4.78 is 5.57. The molecular weight excluding hydrogens is 370 g/mol. The number of anilines is 1. The van der Waals surface area contributed by atoms with Crippen LogP contribution in [0.25, 0.3) is 0 Å². The third-order valence-corrected chi connectivity index (χ3v) is 3.83. The standard InChI is InChI=1S/C19H20ClN3O4/c1-12(27-16-8-4-6-14(20)10-16)18(25)22-15-7-3-5-13(9-15)19(26)23(2)11-17(21)24/h3-10,12H,11H2,1-2H3,(H2,21,24)(H,22,25). The number of likely N-dealkylation sites (N-methyl/N-ethyl adjacent to an activating group) is 1. The monoisotopic (exact) mass is 389 g/mol. The van der Waals surface area contributed by atoms with E-state index in [1.165, 1.54) is 18.0 Å². The SMILES string of the molecule is CC(Oc1cccc(Cl)c1)C(=O)Nc1cccc(C(=O)N(C)CC(N)=O)c1. The number of rotatable bonds is 7. The molecule has 1 atom stereocenters. The highest BCUT2D eigenvalue weighted by Gasteiger charge is 2.17. The molecule has 0 aliphatic carbocycles. The molecule has 0 heterocycles. The van der Waals surface area contributed by atoms with Crippen LogP contribution in [-0.2, 0) is 9.59 Å². The van der Waals surface area contributed by atoms with Crippen LogP contribution < -0.4 is 15.8 Å². The quantitative estimate of drug-likeness (QED) is 0.758. The molecule has 1 unspecified atom stereocenters. The Bertz CT molecular complexity index is 856. The average Bonchev–Trinajstić information content (AvgIpc) is 2.60. The van der Waals surface area contributed by atoms with E-state index in [0.717, 1.165) is 0 Å². The van der Waals surface area contributed by atoms with Crippen LogP contribution in [0, 0.1) is 0 Å². The van der Waals surface area contributed by atoms with Gasteiger partial charge in [-0.15, -0.1) is 0 Å². The molecule has 0 aliphatic rings. The minimum absolute atomic E-state index is 0.195. The van der Waals surface area contributed by atoms with Gasteiger partial charge in [0.25, 0.3) is 11.8 Å². The molecule has 7 nitrogen and oxygen atoms in total. The molecule has 0 saturated heterocycles. The van der Waals surface area contributed by atoms with E-state index in [0.29, 0.717) is 22.0 Å². The summed E-state index contributed by atoms with van der Waals surface area (Å²) in [5.41, 5.74) is 5.85. The Morgan fingerprint density at radius 2 is 1.89 bits per heavy atom. The van der Waals surface area contributed by atoms with Crippen molar-refractivity contribution in [3.63, 3.8) is 0 Å². The van der Waals surface area contributed by atoms with E-state index in [-0.39, 0.29) is 18.4 Å². The Kier molecular flexibility index (Phi) is 6.79. The number of amides is 3. The first-order valence-corrected chi connectivity index (χ1v) is 8.51. The molecule has 3 amide bonds. The predicted octanol–water partition coefficient (Wildman–Crippen LogP) is 2.30. The number of nitrogens with two attached hydrogens (primary N) is 1. The van der Waals surface area contributed by atoms with E-state index in [9.17, 15) is 14.4 Å². The van der Waals surface area contributed by atoms with Crippen molar-refractivity contribution in [3.8, 4) is 5.75 Å². The number of hydrogen-bond acceptors (Lipinski definition) is 4. The maximum Gasteiger partial charge on any atom is 0.265 e. The molecule has 0 radical (unpaired) electrons. The molecule has 2 aromatic rings. The summed E-state index contributed by atoms with van der Waals surface area (Å²) in [4.78, 5) is 36.8. The van der Waals surface area contributed by atoms with Gasteiger partial charge in [-0.1, -0.05) is 23.7 Å². The van der Waals surface area contributed by atoms with E-state index < -0.39 is 12.0 Å². The number of nitrogens with zero attached hydrogens (tertiary/aromatic N) is 1. The minimum atomic E-state index is -0.777. The smallest absolute Gasteiger partial charge is 0.265 e. The molecular formula is C19H20ClN3O4. The topological polar surface area (TPSA) is 102 Å². The Morgan fingerprint density at radius 3 is 2.56 bits per heavy atom. The minimum Gasteiger partial charge on any atom is -0.481 e. The number of primary amides is 1. The van der Waals surface area contributed by atoms with Crippen molar-refractivity contribution < 1.29 is 19.1 Å². The number of benzene rings is 2. The van der Waals surface area contributed by atoms with Gasteiger partial charge in [-0.25, -0.2) is 0 Å². The molecule has 0 spiro atoms. The van der Waals surface area contributed by atoms with Crippen LogP contribution in [0.15, 0.2) is 48.5 Å². The van der Waals surface area contributed by atoms with Gasteiger partial charge in [0.05, 0.1) is 6.54 Å². The van der Waals surface area contributed by atoms with E-state index in [2.05, 4.69) is 5.32 Å². The predicted molar refractivity (Wildman–Crippen MR) is 103 cm³/mol. The highest BCUT2D eigenvalue weighted by Crippen LogP contribution is 2.19. The number of carbonyl (C=O) groups excluding carboxylic acids is 3. The van der Waals surface area contributed by atoms with Crippen LogP contribution in [0.1, 0.15) is 17.3 Å². The van der Waals surface area contributed by atoms with Gasteiger partial charge in [-0.2, -0.15) is 0 Å². The number of carbonyl (C=O) groups is 3. The first kappa shape index (κ1) is 20.3. The van der Waals surface area contributed by atoms with Gasteiger partial charge in [0.1, 0.15) is 5.75 Å². The van der Waals surface area contributed by atoms with Crippen LogP contribution in [0.3, 0.4) is 0 Å². The molecule has 0 aliphatic heterocycles. The lowest BCUT2D eigenvalue weighted by molar-refractivity contribution is -0.122. The molecule has 3 N–H and O–H groups in total. The van der Waals surface area contributed by atoms with Gasteiger partial charge in [-0.3, -0.25) is 14.4 Å². The lowest BCUT2D eigenvalue weighted by Crippen LogP contribution is -2.35. The lowest BCUT2D eigenvalue weighted by Gasteiger charge is -2.17. The fraction of sp³-hybridized carbons (Fsp3) is 0.211. The third kappa shape index (κ3) is 6.00. The zero-order valence-electron chi connectivity index (χ0n) is 14.9. The van der Waals surface area contributed by atoms with E-state index in [1.807, 2.05) is 0 Å². The van der Waals surface area contributed by atoms with Gasteiger partial charge in [0, 0.05) is 23.3 Å². The first-order chi connectivity index (χ1) is 12.8. The van der Waals surface area contributed by atoms with Crippen LogP contribution in [0.2, 0.25) is 5.02 Å². The largest absolute Gasteiger partial charge is 0.481 e. The lowest BCUT2D eigenvalue weighted by atomic mass is 10.1. The second-order valence-corrected chi connectivity index (χ2v) is 6.35. The first-order valence-electron chi connectivity index (χ1n) is 8.13. The second kappa shape index (κ2) is 9.05. The molecule has 0 aromatic heterocycles. The maximum atomic E-state index is 12.3. The zero-order valence-corrected chi connectivity index (χ0v) is 15.7. The van der Waals surface area contributed by atoms with Crippen molar-refractivity contribution in [1.82, 2.24) is 4.90 Å². The molecule has 0 saturated carbocycles. The summed E-state index contributed by atoms with van der Waals surface area (Å²) in [7, 11) is 1.47. The van der Waals surface area contributed by atoms with E-state index >= 15 is 0 Å². The van der Waals surface area contributed by atoms with Crippen molar-refractivity contribution in [1.29, 1.82) is 0 Å². The summed E-state index contributed by atoms with van der Waals surface area (Å²) in [6.07, 6.45) is -0.777. The highest BCUT2D eigenvalue weighted by molar-refractivity contribution is 6.30. The molecule has 27 heavy (non-hydrogen) atoms. The van der Waals surface area contributed by atoms with Gasteiger partial charge in [-0.05, 0) is 43.3 Å². The molecule has 0 bridgehead atoms. The fourth-order valence-electron chi connectivity index (χ4n) is 2.30. The van der Waals surface area contributed by atoms with Crippen molar-refractivity contribution in [3.05, 3.63) is 59.1 Å². The van der Waals surface area contributed by atoms with E-state index in [1.54, 1.807) is 49.4 Å². The van der Waals surface area contributed by atoms with Gasteiger partial charge < -0.3 is 20.7 Å². The van der Waals surface area contributed by atoms with Gasteiger partial charge in [0.15, 0.2) is 6.10 Å². The van der Waals surface area contributed by atoms with Gasteiger partial charge in [0.2, 0.25) is 5.91 Å². The van der Waals surface area contributed by atoms with Crippen LogP contribution >= 0.6 is 11.6 Å². The second-order valence-electron chi connectivity index (χ2n) is 5.92. The number of hydrogen-bond donors (Lipinski definition) is 2. The van der Waals surface area contributed by atoms with Crippen LogP contribution in [0.4, 0.5) is 5.69 Å². The molecule has 142 valence electrons. The normalized spacial score (nSPS) is 11.4. The van der Waals surface area contributed by atoms with Crippen molar-refractivity contribution in [2.75, 3.05) is 18.9 Å². The zero-order chi connectivity index (χ0) is 20.0. The van der Waals surface area contributed by atoms with Crippen LogP contribution in [-0.4, -0.2) is 42.3 Å². The fourth-order valence-corrected chi connectivity index (χ4v) is 2.48. The Morgan fingerprint density at radius 1 is 1.19 bits per heavy atom. The van der Waals surface area contributed by atoms with Crippen molar-refractivity contribution in [2.24, 2.45) is 5.73 Å². The highest BCUT2D eigenvalue weighted by atomic mass is 35.5. The van der Waals surface area contributed by atoms with Crippen LogP contribution in [0.5, 0.6) is 5.75 Å². The van der Waals surface area contributed by atoms with Gasteiger partial charge >= 0.3 is 0 Å². The number of halogens is 1. The van der Waals surface area contributed by atoms with Crippen molar-refractivity contribution >= 4 is 35.0 Å². The number of ether oxygens (including phenoxy) is 1. The molecule has 2 aromatic carbocycles. The summed E-state index contributed by atoms with van der Waals surface area (Å²) in [5, 5.41) is 3.20. The average molecular weight is 390 g/mol. The molecule has 0 fully saturated rings. The Labute approximate surface area is 162 Å². The summed E-state index contributed by atoms with van der Waals surface area (Å²) in [5.74, 6) is -0.900. The Hall–Kier alpha value is -3.06. The van der Waals surface area contributed by atoms with Crippen molar-refractivity contribution in [2.45, 2.75) is 13.0 Å². The summed E-state index contributed by atoms with van der Waals surface area (Å²) >= 11 is 5.90. The maximum absolute atomic E-state index is 12.3.